The molecule has 1 N–H and O–H groups in total. The Kier molecular flexibility index (Phi) is 6.29. The number of benzene rings is 2. The smallest absolute Gasteiger partial charge is 0.255 e. The molecule has 6 heteroatoms. The number of rotatable bonds is 5. The maximum absolute atomic E-state index is 13.3. The Morgan fingerprint density at radius 3 is 2.32 bits per heavy atom. The number of hydrogen-bond acceptors (Lipinski definition) is 3. The summed E-state index contributed by atoms with van der Waals surface area (Å²) in [6.07, 6.45) is 0.597. The van der Waals surface area contributed by atoms with E-state index in [1.165, 1.54) is 18.2 Å². The van der Waals surface area contributed by atoms with E-state index in [0.717, 1.165) is 31.9 Å². The molecule has 0 aliphatic carbocycles. The number of carbonyl (C=O) groups excluding carboxylic acids is 2. The second kappa shape index (κ2) is 8.87. The molecule has 1 aliphatic rings. The molecule has 0 aromatic heterocycles. The molecule has 1 heterocycles. The summed E-state index contributed by atoms with van der Waals surface area (Å²) in [5, 5.41) is 2.78. The zero-order chi connectivity index (χ0) is 20.1. The standard InChI is InChI=1S/C22H26FN3O2/c1-16(2)14-21(27)26-12-10-25(11-13-26)20-8-6-19(7-9-20)24-22(28)17-4-3-5-18(23)15-17/h3-9,15-16H,10-14H2,1-2H3,(H,24,28). The molecule has 1 fully saturated rings. The van der Waals surface area contributed by atoms with Crippen LogP contribution in [-0.4, -0.2) is 42.9 Å². The fraction of sp³-hybridized carbons (Fsp3) is 0.364. The van der Waals surface area contributed by atoms with E-state index in [4.69, 9.17) is 0 Å². The molecule has 148 valence electrons. The molecular formula is C22H26FN3O2. The number of amides is 2. The third-order valence-electron chi connectivity index (χ3n) is 4.79. The highest BCUT2D eigenvalue weighted by molar-refractivity contribution is 6.04. The van der Waals surface area contributed by atoms with Gasteiger partial charge in [-0.05, 0) is 48.4 Å². The number of hydrogen-bond donors (Lipinski definition) is 1. The van der Waals surface area contributed by atoms with Gasteiger partial charge in [0.1, 0.15) is 5.82 Å². The summed E-state index contributed by atoms with van der Waals surface area (Å²) in [7, 11) is 0. The molecule has 2 aromatic rings. The van der Waals surface area contributed by atoms with Gasteiger partial charge in [-0.2, -0.15) is 0 Å². The van der Waals surface area contributed by atoms with Crippen LogP contribution >= 0.6 is 0 Å². The van der Waals surface area contributed by atoms with Crippen LogP contribution in [0, 0.1) is 11.7 Å². The fourth-order valence-electron chi connectivity index (χ4n) is 3.28. The van der Waals surface area contributed by atoms with Crippen LogP contribution in [0.1, 0.15) is 30.6 Å². The van der Waals surface area contributed by atoms with Crippen molar-refractivity contribution in [2.24, 2.45) is 5.92 Å². The van der Waals surface area contributed by atoms with Gasteiger partial charge in [0.05, 0.1) is 0 Å². The second-order valence-electron chi connectivity index (χ2n) is 7.48. The number of nitrogens with zero attached hydrogens (tertiary/aromatic N) is 2. The van der Waals surface area contributed by atoms with Gasteiger partial charge >= 0.3 is 0 Å². The van der Waals surface area contributed by atoms with Crippen LogP contribution in [0.15, 0.2) is 48.5 Å². The van der Waals surface area contributed by atoms with Crippen LogP contribution in [0.2, 0.25) is 0 Å². The third-order valence-corrected chi connectivity index (χ3v) is 4.79. The van der Waals surface area contributed by atoms with Gasteiger partial charge in [0.15, 0.2) is 0 Å². The van der Waals surface area contributed by atoms with Crippen LogP contribution in [0.4, 0.5) is 15.8 Å². The van der Waals surface area contributed by atoms with Crippen molar-refractivity contribution in [3.05, 3.63) is 59.9 Å². The van der Waals surface area contributed by atoms with Crippen molar-refractivity contribution in [3.8, 4) is 0 Å². The molecule has 3 rings (SSSR count). The van der Waals surface area contributed by atoms with Crippen LogP contribution in [0.25, 0.3) is 0 Å². The van der Waals surface area contributed by atoms with E-state index < -0.39 is 5.82 Å². The van der Waals surface area contributed by atoms with E-state index in [-0.39, 0.29) is 17.4 Å². The van der Waals surface area contributed by atoms with Crippen LogP contribution in [-0.2, 0) is 4.79 Å². The Bertz CT molecular complexity index is 828. The monoisotopic (exact) mass is 383 g/mol. The Morgan fingerprint density at radius 2 is 1.71 bits per heavy atom. The molecule has 0 saturated carbocycles. The number of piperazine rings is 1. The highest BCUT2D eigenvalue weighted by atomic mass is 19.1. The maximum Gasteiger partial charge on any atom is 0.255 e. The van der Waals surface area contributed by atoms with Gasteiger partial charge in [0.25, 0.3) is 5.91 Å². The molecule has 2 amide bonds. The number of nitrogens with one attached hydrogen (secondary N) is 1. The Hall–Kier alpha value is -2.89. The molecule has 1 saturated heterocycles. The first-order valence-electron chi connectivity index (χ1n) is 9.62. The Labute approximate surface area is 165 Å². The maximum atomic E-state index is 13.3. The summed E-state index contributed by atoms with van der Waals surface area (Å²) in [5.41, 5.74) is 2.00. The van der Waals surface area contributed by atoms with Crippen LogP contribution < -0.4 is 10.2 Å². The Morgan fingerprint density at radius 1 is 1.04 bits per heavy atom. The fourth-order valence-corrected chi connectivity index (χ4v) is 3.28. The highest BCUT2D eigenvalue weighted by Crippen LogP contribution is 2.20. The van der Waals surface area contributed by atoms with E-state index >= 15 is 0 Å². The van der Waals surface area contributed by atoms with Gasteiger partial charge in [-0.15, -0.1) is 0 Å². The van der Waals surface area contributed by atoms with Crippen molar-refractivity contribution in [1.82, 2.24) is 4.90 Å². The molecule has 5 nitrogen and oxygen atoms in total. The van der Waals surface area contributed by atoms with Crippen LogP contribution in [0.5, 0.6) is 0 Å². The lowest BCUT2D eigenvalue weighted by Gasteiger charge is -2.36. The van der Waals surface area contributed by atoms with Crippen molar-refractivity contribution >= 4 is 23.2 Å². The van der Waals surface area contributed by atoms with Gasteiger partial charge in [0.2, 0.25) is 5.91 Å². The van der Waals surface area contributed by atoms with E-state index in [1.54, 1.807) is 6.07 Å². The number of anilines is 2. The van der Waals surface area contributed by atoms with Crippen molar-refractivity contribution in [1.29, 1.82) is 0 Å². The lowest BCUT2D eigenvalue weighted by Crippen LogP contribution is -2.49. The summed E-state index contributed by atoms with van der Waals surface area (Å²) < 4.78 is 13.3. The molecule has 0 bridgehead atoms. The summed E-state index contributed by atoms with van der Waals surface area (Å²) in [5.74, 6) is -0.177. The van der Waals surface area contributed by atoms with Gasteiger partial charge in [0, 0.05) is 49.5 Å². The lowest BCUT2D eigenvalue weighted by molar-refractivity contribution is -0.132. The summed E-state index contributed by atoms with van der Waals surface area (Å²) in [4.78, 5) is 28.6. The first-order chi connectivity index (χ1) is 13.4. The third kappa shape index (κ3) is 5.09. The van der Waals surface area contributed by atoms with Gasteiger partial charge in [-0.1, -0.05) is 19.9 Å². The van der Waals surface area contributed by atoms with Gasteiger partial charge in [-0.3, -0.25) is 9.59 Å². The summed E-state index contributed by atoms with van der Waals surface area (Å²) in [6.45, 7) is 7.15. The summed E-state index contributed by atoms with van der Waals surface area (Å²) >= 11 is 0. The van der Waals surface area contributed by atoms with E-state index in [1.807, 2.05) is 29.2 Å². The zero-order valence-electron chi connectivity index (χ0n) is 16.3. The van der Waals surface area contributed by atoms with Gasteiger partial charge < -0.3 is 15.1 Å². The first-order valence-corrected chi connectivity index (χ1v) is 9.62. The number of carbonyl (C=O) groups is 2. The molecule has 28 heavy (non-hydrogen) atoms. The molecule has 0 spiro atoms. The average molecular weight is 383 g/mol. The van der Waals surface area contributed by atoms with E-state index in [2.05, 4.69) is 24.1 Å². The quantitative estimate of drug-likeness (QED) is 0.855. The largest absolute Gasteiger partial charge is 0.368 e. The number of halogens is 1. The topological polar surface area (TPSA) is 52.7 Å². The zero-order valence-corrected chi connectivity index (χ0v) is 16.3. The van der Waals surface area contributed by atoms with Gasteiger partial charge in [-0.25, -0.2) is 4.39 Å². The van der Waals surface area contributed by atoms with Crippen LogP contribution in [0.3, 0.4) is 0 Å². The minimum atomic E-state index is -0.436. The molecular weight excluding hydrogens is 357 g/mol. The normalized spacial score (nSPS) is 14.3. The molecule has 0 atom stereocenters. The SMILES string of the molecule is CC(C)CC(=O)N1CCN(c2ccc(NC(=O)c3cccc(F)c3)cc2)CC1. The highest BCUT2D eigenvalue weighted by Gasteiger charge is 2.21. The Balaban J connectivity index is 1.55. The molecule has 2 aromatic carbocycles. The first kappa shape index (κ1) is 19.9. The minimum Gasteiger partial charge on any atom is -0.368 e. The van der Waals surface area contributed by atoms with E-state index in [9.17, 15) is 14.0 Å². The minimum absolute atomic E-state index is 0.227. The predicted octanol–water partition coefficient (Wildman–Crippen LogP) is 3.77. The lowest BCUT2D eigenvalue weighted by atomic mass is 10.1. The van der Waals surface area contributed by atoms with Crippen molar-refractivity contribution in [3.63, 3.8) is 0 Å². The van der Waals surface area contributed by atoms with Crippen molar-refractivity contribution < 1.29 is 14.0 Å². The average Bonchev–Trinajstić information content (AvgIpc) is 2.68. The van der Waals surface area contributed by atoms with Crippen molar-refractivity contribution in [2.45, 2.75) is 20.3 Å². The summed E-state index contributed by atoms with van der Waals surface area (Å²) in [6, 6.07) is 13.2. The molecule has 1 aliphatic heterocycles. The van der Waals surface area contributed by atoms with Crippen molar-refractivity contribution in [2.75, 3.05) is 36.4 Å². The van der Waals surface area contributed by atoms with E-state index in [0.29, 0.717) is 18.0 Å². The second-order valence-corrected chi connectivity index (χ2v) is 7.48. The molecule has 0 radical (unpaired) electrons. The molecule has 0 unspecified atom stereocenters. The predicted molar refractivity (Wildman–Crippen MR) is 109 cm³/mol.